The summed E-state index contributed by atoms with van der Waals surface area (Å²) in [6.45, 7) is 0.964. The van der Waals surface area contributed by atoms with E-state index in [0.717, 1.165) is 16.7 Å². The first kappa shape index (κ1) is 45.2. The van der Waals surface area contributed by atoms with Gasteiger partial charge < -0.3 is 39.4 Å². The molecule has 0 aliphatic rings. The maximum absolute atomic E-state index is 13.4. The number of esters is 1. The summed E-state index contributed by atoms with van der Waals surface area (Å²) in [5.74, 6) is 0.997. The molecule has 13 nitrogen and oxygen atoms in total. The Labute approximate surface area is 366 Å². The van der Waals surface area contributed by atoms with Crippen LogP contribution in [0.1, 0.15) is 56.7 Å². The molecular formula is C50H50N4O9. The molecule has 0 aromatic heterocycles. The minimum absolute atomic E-state index is 0.00197. The predicted molar refractivity (Wildman–Crippen MR) is 238 cm³/mol. The molecule has 6 aromatic rings. The Morgan fingerprint density at radius 2 is 1.21 bits per heavy atom. The monoisotopic (exact) mass is 850 g/mol. The second kappa shape index (κ2) is 23.0. The van der Waals surface area contributed by atoms with Crippen LogP contribution in [0.4, 0.5) is 11.4 Å². The first-order chi connectivity index (χ1) is 30.8. The summed E-state index contributed by atoms with van der Waals surface area (Å²) >= 11 is 0. The quantitative estimate of drug-likeness (QED) is 0.0199. The molecule has 0 aliphatic heterocycles. The third-order valence-corrected chi connectivity index (χ3v) is 9.90. The van der Waals surface area contributed by atoms with E-state index in [1.165, 1.54) is 0 Å². The van der Waals surface area contributed by atoms with Crippen LogP contribution in [-0.4, -0.2) is 70.0 Å². The third kappa shape index (κ3) is 12.4. The van der Waals surface area contributed by atoms with Crippen LogP contribution in [0.15, 0.2) is 162 Å². The summed E-state index contributed by atoms with van der Waals surface area (Å²) in [6, 6.07) is 45.5. The Hall–Kier alpha value is -7.35. The summed E-state index contributed by atoms with van der Waals surface area (Å²) in [6.07, 6.45) is 1.11. The van der Waals surface area contributed by atoms with Gasteiger partial charge in [0.2, 0.25) is 5.91 Å². The number of methoxy groups -OCH3 is 2. The van der Waals surface area contributed by atoms with Crippen molar-refractivity contribution in [1.29, 1.82) is 0 Å². The van der Waals surface area contributed by atoms with Crippen LogP contribution in [0, 0.1) is 0 Å². The van der Waals surface area contributed by atoms with Crippen molar-refractivity contribution in [3.63, 3.8) is 0 Å². The molecule has 0 saturated carbocycles. The van der Waals surface area contributed by atoms with E-state index in [0.29, 0.717) is 59.1 Å². The molecule has 0 radical (unpaired) electrons. The average Bonchev–Trinajstić information content (AvgIpc) is 3.33. The van der Waals surface area contributed by atoms with Crippen LogP contribution in [-0.2, 0) is 15.1 Å². The maximum Gasteiger partial charge on any atom is 0.343 e. The number of amides is 2. The van der Waals surface area contributed by atoms with E-state index in [1.54, 1.807) is 87.0 Å². The van der Waals surface area contributed by atoms with Crippen molar-refractivity contribution in [3.05, 3.63) is 179 Å². The fraction of sp³-hybridized carbons (Fsp3) is 0.220. The molecule has 0 spiro atoms. The molecule has 0 fully saturated rings. The summed E-state index contributed by atoms with van der Waals surface area (Å²) in [5.41, 5.74) is 3.30. The molecule has 0 heterocycles. The Bertz CT molecular complexity index is 2360. The van der Waals surface area contributed by atoms with Gasteiger partial charge in [-0.05, 0) is 102 Å². The normalized spacial score (nSPS) is 11.2. The largest absolute Gasteiger partial charge is 0.497 e. The Morgan fingerprint density at radius 3 is 1.83 bits per heavy atom. The highest BCUT2D eigenvalue weighted by atomic mass is 16.5. The fourth-order valence-corrected chi connectivity index (χ4v) is 6.64. The average molecular weight is 851 g/mol. The molecule has 0 unspecified atom stereocenters. The summed E-state index contributed by atoms with van der Waals surface area (Å²) in [7, 11) is 3.25. The van der Waals surface area contributed by atoms with Crippen molar-refractivity contribution < 1.29 is 43.2 Å². The number of nitrogens with one attached hydrogen (secondary N) is 2. The highest BCUT2D eigenvalue weighted by molar-refractivity contribution is 5.94. The zero-order valence-electron chi connectivity index (χ0n) is 35.2. The van der Waals surface area contributed by atoms with Gasteiger partial charge in [0.25, 0.3) is 5.91 Å². The Balaban J connectivity index is 1.12. The molecule has 0 saturated heterocycles. The van der Waals surface area contributed by atoms with Crippen LogP contribution in [0.5, 0.6) is 23.0 Å². The smallest absolute Gasteiger partial charge is 0.343 e. The van der Waals surface area contributed by atoms with Gasteiger partial charge in [0.1, 0.15) is 28.5 Å². The van der Waals surface area contributed by atoms with E-state index in [9.17, 15) is 14.4 Å². The molecule has 63 heavy (non-hydrogen) atoms. The highest BCUT2D eigenvalue weighted by Crippen LogP contribution is 2.41. The number of azo groups is 1. The number of rotatable bonds is 22. The van der Waals surface area contributed by atoms with Gasteiger partial charge in [0, 0.05) is 37.7 Å². The fourth-order valence-electron chi connectivity index (χ4n) is 6.64. The van der Waals surface area contributed by atoms with Gasteiger partial charge in [-0.25, -0.2) is 4.79 Å². The van der Waals surface area contributed by atoms with Crippen molar-refractivity contribution in [1.82, 2.24) is 10.6 Å². The zero-order chi connectivity index (χ0) is 44.3. The number of benzene rings is 6. The van der Waals surface area contributed by atoms with Crippen LogP contribution in [0.3, 0.4) is 0 Å². The lowest BCUT2D eigenvalue weighted by Crippen LogP contribution is -2.36. The number of ether oxygens (including phenoxy) is 5. The van der Waals surface area contributed by atoms with Crippen LogP contribution in [0.2, 0.25) is 0 Å². The molecule has 3 N–H and O–H groups in total. The maximum atomic E-state index is 13.4. The number of nitrogens with zero attached hydrogens (tertiary/aromatic N) is 2. The minimum atomic E-state index is -1.02. The lowest BCUT2D eigenvalue weighted by Gasteiger charge is -2.36. The SMILES string of the molecule is COc1ccc(C(OCCNC(=O)c2ccc(/N=N/c3ccc(OC(=O)c4ccccc4)cc3OCCCC(=O)NCCCO)cc2)(c2ccccc2)c2ccc(OC)cc2)cc1. The number of carbonyl (C=O) groups is 3. The van der Waals surface area contributed by atoms with Gasteiger partial charge >= 0.3 is 5.97 Å². The van der Waals surface area contributed by atoms with E-state index >= 15 is 0 Å². The third-order valence-electron chi connectivity index (χ3n) is 9.90. The van der Waals surface area contributed by atoms with E-state index in [-0.39, 0.29) is 50.4 Å². The summed E-state index contributed by atoms with van der Waals surface area (Å²) in [4.78, 5) is 38.2. The Kier molecular flexibility index (Phi) is 16.5. The lowest BCUT2D eigenvalue weighted by molar-refractivity contribution is -0.121. The molecule has 6 aromatic carbocycles. The molecular weight excluding hydrogens is 801 g/mol. The summed E-state index contributed by atoms with van der Waals surface area (Å²) in [5, 5.41) is 23.4. The molecule has 13 heteroatoms. The van der Waals surface area contributed by atoms with Crippen molar-refractivity contribution in [2.24, 2.45) is 10.2 Å². The van der Waals surface area contributed by atoms with E-state index in [1.807, 2.05) is 78.9 Å². The van der Waals surface area contributed by atoms with E-state index in [4.69, 9.17) is 28.8 Å². The van der Waals surface area contributed by atoms with Gasteiger partial charge in [0.05, 0.1) is 38.7 Å². The van der Waals surface area contributed by atoms with Gasteiger partial charge in [-0.15, -0.1) is 5.11 Å². The van der Waals surface area contributed by atoms with Crippen molar-refractivity contribution in [2.75, 3.05) is 47.1 Å². The molecule has 324 valence electrons. The van der Waals surface area contributed by atoms with Gasteiger partial charge in [-0.2, -0.15) is 5.11 Å². The number of aliphatic hydroxyl groups is 1. The van der Waals surface area contributed by atoms with Gasteiger partial charge in [-0.1, -0.05) is 72.8 Å². The topological polar surface area (TPSA) is 166 Å². The predicted octanol–water partition coefficient (Wildman–Crippen LogP) is 8.73. The zero-order valence-corrected chi connectivity index (χ0v) is 35.2. The first-order valence-corrected chi connectivity index (χ1v) is 20.5. The molecule has 0 atom stereocenters. The van der Waals surface area contributed by atoms with Crippen molar-refractivity contribution in [2.45, 2.75) is 24.9 Å². The van der Waals surface area contributed by atoms with E-state index in [2.05, 4.69) is 20.9 Å². The first-order valence-electron chi connectivity index (χ1n) is 20.5. The van der Waals surface area contributed by atoms with Gasteiger partial charge in [0.15, 0.2) is 5.75 Å². The number of hydrogen-bond donors (Lipinski definition) is 3. The Morgan fingerprint density at radius 1 is 0.603 bits per heavy atom. The van der Waals surface area contributed by atoms with Crippen molar-refractivity contribution in [3.8, 4) is 23.0 Å². The number of carbonyl (C=O) groups excluding carboxylic acids is 3. The second-order valence-corrected chi connectivity index (χ2v) is 14.1. The molecule has 0 aliphatic carbocycles. The highest BCUT2D eigenvalue weighted by Gasteiger charge is 2.38. The number of hydrogen-bond acceptors (Lipinski definition) is 11. The van der Waals surface area contributed by atoms with Crippen LogP contribution in [0.25, 0.3) is 0 Å². The lowest BCUT2D eigenvalue weighted by atomic mass is 9.80. The molecule has 0 bridgehead atoms. The van der Waals surface area contributed by atoms with Crippen LogP contribution >= 0.6 is 0 Å². The minimum Gasteiger partial charge on any atom is -0.497 e. The molecule has 6 rings (SSSR count). The number of aliphatic hydroxyl groups excluding tert-OH is 1. The van der Waals surface area contributed by atoms with Crippen molar-refractivity contribution >= 4 is 29.2 Å². The van der Waals surface area contributed by atoms with E-state index < -0.39 is 11.6 Å². The molecule has 2 amide bonds. The summed E-state index contributed by atoms with van der Waals surface area (Å²) < 4.78 is 29.3. The van der Waals surface area contributed by atoms with Crippen LogP contribution < -0.4 is 29.6 Å². The standard InChI is InChI=1S/C50H50N4O9/c1-59-42-24-18-39(19-25-42)50(38-13-7-4-8-14-38,40-20-26-43(60-2)27-21-40)62-34-31-52-48(57)36-16-22-41(23-17-36)53-54-45-29-28-44(63-49(58)37-11-5-3-6-12-37)35-46(45)61-33-9-15-47(56)51-30-10-32-55/h3-8,11-14,16-29,35,55H,9-10,15,30-34H2,1-2H3,(H,51,56)(H,52,57)/b54-53+. The second-order valence-electron chi connectivity index (χ2n) is 14.1. The van der Waals surface area contributed by atoms with Gasteiger partial charge in [-0.3, -0.25) is 9.59 Å².